The largest absolute Gasteiger partial charge is 0.399 e. The minimum atomic E-state index is 0.740. The van der Waals surface area contributed by atoms with E-state index < -0.39 is 0 Å². The fraction of sp³-hybridized carbons (Fsp3) is 0.600. The smallest absolute Gasteiger partial charge is 0.0429 e. The molecule has 1 fully saturated rings. The van der Waals surface area contributed by atoms with Crippen molar-refractivity contribution in [3.8, 4) is 0 Å². The monoisotopic (exact) mass is 266 g/mol. The number of hydrogen-bond donors (Lipinski definition) is 1. The average molecular weight is 267 g/mol. The Morgan fingerprint density at radius 2 is 1.94 bits per heavy atom. The summed E-state index contributed by atoms with van der Waals surface area (Å²) in [5.74, 6) is 0. The van der Waals surface area contributed by atoms with Crippen LogP contribution in [-0.2, 0) is 6.54 Å². The maximum absolute atomic E-state index is 6.06. The SMILES string of the molecule is CCN(Cc1cc(N)cc(Cl)c1)C1CCCCC1. The van der Waals surface area contributed by atoms with E-state index in [2.05, 4.69) is 11.8 Å². The molecule has 3 heteroatoms. The van der Waals surface area contributed by atoms with Gasteiger partial charge in [0.05, 0.1) is 0 Å². The Morgan fingerprint density at radius 3 is 2.56 bits per heavy atom. The van der Waals surface area contributed by atoms with Crippen LogP contribution in [0.5, 0.6) is 0 Å². The maximum Gasteiger partial charge on any atom is 0.0429 e. The lowest BCUT2D eigenvalue weighted by atomic mass is 9.94. The molecule has 0 atom stereocenters. The zero-order chi connectivity index (χ0) is 13.0. The lowest BCUT2D eigenvalue weighted by Gasteiger charge is -2.33. The summed E-state index contributed by atoms with van der Waals surface area (Å²) >= 11 is 6.06. The molecule has 1 aliphatic rings. The van der Waals surface area contributed by atoms with Gasteiger partial charge < -0.3 is 5.73 Å². The van der Waals surface area contributed by atoms with Crippen molar-refractivity contribution in [2.45, 2.75) is 51.6 Å². The van der Waals surface area contributed by atoms with Crippen LogP contribution in [-0.4, -0.2) is 17.5 Å². The molecule has 0 saturated heterocycles. The highest BCUT2D eigenvalue weighted by atomic mass is 35.5. The lowest BCUT2D eigenvalue weighted by Crippen LogP contribution is -2.36. The third kappa shape index (κ3) is 3.63. The lowest BCUT2D eigenvalue weighted by molar-refractivity contribution is 0.156. The molecule has 1 aromatic rings. The summed E-state index contributed by atoms with van der Waals surface area (Å²) in [5.41, 5.74) is 7.84. The fourth-order valence-electron chi connectivity index (χ4n) is 2.95. The summed E-state index contributed by atoms with van der Waals surface area (Å²) in [5, 5.41) is 0.740. The second kappa shape index (κ2) is 6.44. The number of hydrogen-bond acceptors (Lipinski definition) is 2. The second-order valence-corrected chi connectivity index (χ2v) is 5.68. The van der Waals surface area contributed by atoms with E-state index in [-0.39, 0.29) is 0 Å². The van der Waals surface area contributed by atoms with E-state index in [1.807, 2.05) is 18.2 Å². The van der Waals surface area contributed by atoms with E-state index in [9.17, 15) is 0 Å². The van der Waals surface area contributed by atoms with Crippen molar-refractivity contribution >= 4 is 17.3 Å². The van der Waals surface area contributed by atoms with Gasteiger partial charge in [-0.1, -0.05) is 37.8 Å². The van der Waals surface area contributed by atoms with Crippen LogP contribution in [0.2, 0.25) is 5.02 Å². The van der Waals surface area contributed by atoms with E-state index in [0.29, 0.717) is 0 Å². The van der Waals surface area contributed by atoms with Crippen molar-refractivity contribution in [3.63, 3.8) is 0 Å². The van der Waals surface area contributed by atoms with Gasteiger partial charge in [0.2, 0.25) is 0 Å². The van der Waals surface area contributed by atoms with Gasteiger partial charge in [0.1, 0.15) is 0 Å². The number of nitrogens with two attached hydrogens (primary N) is 1. The summed E-state index contributed by atoms with van der Waals surface area (Å²) in [4.78, 5) is 2.56. The van der Waals surface area contributed by atoms with Crippen molar-refractivity contribution in [1.29, 1.82) is 0 Å². The van der Waals surface area contributed by atoms with Crippen LogP contribution in [0, 0.1) is 0 Å². The predicted molar refractivity (Wildman–Crippen MR) is 78.8 cm³/mol. The average Bonchev–Trinajstić information content (AvgIpc) is 2.36. The number of benzene rings is 1. The first kappa shape index (κ1) is 13.7. The quantitative estimate of drug-likeness (QED) is 0.832. The molecule has 2 rings (SSSR count). The molecule has 2 nitrogen and oxygen atoms in total. The molecule has 0 radical (unpaired) electrons. The van der Waals surface area contributed by atoms with E-state index in [4.69, 9.17) is 17.3 Å². The van der Waals surface area contributed by atoms with Gasteiger partial charge in [-0.3, -0.25) is 4.90 Å². The molecule has 0 aliphatic heterocycles. The number of anilines is 1. The van der Waals surface area contributed by atoms with Gasteiger partial charge >= 0.3 is 0 Å². The van der Waals surface area contributed by atoms with E-state index in [1.54, 1.807) is 0 Å². The highest BCUT2D eigenvalue weighted by Crippen LogP contribution is 2.25. The van der Waals surface area contributed by atoms with Crippen molar-refractivity contribution in [3.05, 3.63) is 28.8 Å². The molecule has 1 saturated carbocycles. The van der Waals surface area contributed by atoms with Gasteiger partial charge in [-0.05, 0) is 43.1 Å². The van der Waals surface area contributed by atoms with E-state index in [1.165, 1.54) is 37.7 Å². The molecule has 1 aromatic carbocycles. The minimum absolute atomic E-state index is 0.740. The molecular formula is C15H23ClN2. The standard InChI is InChI=1S/C15H23ClN2/c1-2-18(15-6-4-3-5-7-15)11-12-8-13(16)10-14(17)9-12/h8-10,15H,2-7,11,17H2,1H3. The highest BCUT2D eigenvalue weighted by Gasteiger charge is 2.19. The normalized spacial score (nSPS) is 17.3. The van der Waals surface area contributed by atoms with Crippen molar-refractivity contribution in [2.75, 3.05) is 12.3 Å². The van der Waals surface area contributed by atoms with Crippen LogP contribution < -0.4 is 5.73 Å². The minimum Gasteiger partial charge on any atom is -0.399 e. The molecule has 18 heavy (non-hydrogen) atoms. The van der Waals surface area contributed by atoms with Crippen LogP contribution in [0.1, 0.15) is 44.6 Å². The highest BCUT2D eigenvalue weighted by molar-refractivity contribution is 6.30. The van der Waals surface area contributed by atoms with Crippen molar-refractivity contribution in [2.24, 2.45) is 0 Å². The summed E-state index contributed by atoms with van der Waals surface area (Å²) < 4.78 is 0. The molecule has 0 bridgehead atoms. The first-order chi connectivity index (χ1) is 8.69. The molecule has 0 spiro atoms. The molecule has 1 aliphatic carbocycles. The summed E-state index contributed by atoms with van der Waals surface area (Å²) in [6.45, 7) is 4.30. The van der Waals surface area contributed by atoms with Crippen LogP contribution in [0.25, 0.3) is 0 Å². The van der Waals surface area contributed by atoms with Gasteiger partial charge in [0.25, 0.3) is 0 Å². The van der Waals surface area contributed by atoms with E-state index in [0.717, 1.165) is 29.8 Å². The molecule has 0 aromatic heterocycles. The molecule has 0 heterocycles. The van der Waals surface area contributed by atoms with Crippen LogP contribution in [0.15, 0.2) is 18.2 Å². The van der Waals surface area contributed by atoms with Crippen molar-refractivity contribution < 1.29 is 0 Å². The first-order valence-electron chi connectivity index (χ1n) is 6.98. The fourth-order valence-corrected chi connectivity index (χ4v) is 3.21. The van der Waals surface area contributed by atoms with Crippen molar-refractivity contribution in [1.82, 2.24) is 4.90 Å². The van der Waals surface area contributed by atoms with Gasteiger partial charge in [-0.15, -0.1) is 0 Å². The molecule has 0 amide bonds. The molecule has 0 unspecified atom stereocenters. The molecule has 2 N–H and O–H groups in total. The topological polar surface area (TPSA) is 29.3 Å². The Morgan fingerprint density at radius 1 is 1.22 bits per heavy atom. The predicted octanol–water partition coefficient (Wildman–Crippen LogP) is 4.08. The summed E-state index contributed by atoms with van der Waals surface area (Å²) in [6.07, 6.45) is 6.82. The van der Waals surface area contributed by atoms with Gasteiger partial charge in [0.15, 0.2) is 0 Å². The zero-order valence-corrected chi connectivity index (χ0v) is 11.9. The van der Waals surface area contributed by atoms with Crippen LogP contribution in [0.4, 0.5) is 5.69 Å². The maximum atomic E-state index is 6.06. The third-order valence-corrected chi connectivity index (χ3v) is 4.08. The Bertz CT molecular complexity index is 366. The van der Waals surface area contributed by atoms with Crippen LogP contribution in [0.3, 0.4) is 0 Å². The summed E-state index contributed by atoms with van der Waals surface area (Å²) in [7, 11) is 0. The molecule has 100 valence electrons. The number of nitrogen functional groups attached to an aromatic ring is 1. The van der Waals surface area contributed by atoms with Gasteiger partial charge in [-0.2, -0.15) is 0 Å². The zero-order valence-electron chi connectivity index (χ0n) is 11.2. The first-order valence-corrected chi connectivity index (χ1v) is 7.36. The summed E-state index contributed by atoms with van der Waals surface area (Å²) in [6, 6.07) is 6.62. The van der Waals surface area contributed by atoms with Gasteiger partial charge in [-0.25, -0.2) is 0 Å². The number of halogens is 1. The second-order valence-electron chi connectivity index (χ2n) is 5.25. The Labute approximate surface area is 115 Å². The van der Waals surface area contributed by atoms with Crippen LogP contribution >= 0.6 is 11.6 Å². The number of nitrogens with zero attached hydrogens (tertiary/aromatic N) is 1. The Balaban J connectivity index is 2.04. The third-order valence-electron chi connectivity index (χ3n) is 3.86. The van der Waals surface area contributed by atoms with Gasteiger partial charge in [0, 0.05) is 23.3 Å². The van der Waals surface area contributed by atoms with E-state index >= 15 is 0 Å². The Hall–Kier alpha value is -0.730. The Kier molecular flexibility index (Phi) is 4.90. The molecular weight excluding hydrogens is 244 g/mol. The number of rotatable bonds is 4.